The number of rotatable bonds is 2. The number of carbonyl (C=O) groups is 1. The van der Waals surface area contributed by atoms with E-state index in [4.69, 9.17) is 16.3 Å². The summed E-state index contributed by atoms with van der Waals surface area (Å²) < 4.78 is 5.67. The monoisotopic (exact) mass is 249 g/mol. The number of benzene rings is 1. The predicted molar refractivity (Wildman–Crippen MR) is 48.6 cm³/mol. The van der Waals surface area contributed by atoms with E-state index in [2.05, 4.69) is 16.0 Å². The summed E-state index contributed by atoms with van der Waals surface area (Å²) in [6, 6.07) is 5.10. The number of ether oxygens (including phenoxy) is 1. The van der Waals surface area contributed by atoms with E-state index >= 15 is 0 Å². The van der Waals surface area contributed by atoms with Gasteiger partial charge in [-0.3, -0.25) is 0 Å². The summed E-state index contributed by atoms with van der Waals surface area (Å²) in [4.78, 5) is 10.8. The second-order valence-corrected chi connectivity index (χ2v) is 3.40. The van der Waals surface area contributed by atoms with Gasteiger partial charge in [-0.05, 0) is 0 Å². The van der Waals surface area contributed by atoms with Crippen LogP contribution < -0.4 is 9.20 Å². The molecule has 1 aromatic carbocycles. The Labute approximate surface area is 83.7 Å². The van der Waals surface area contributed by atoms with Gasteiger partial charge >= 0.3 is 83.5 Å². The van der Waals surface area contributed by atoms with Crippen LogP contribution in [0.25, 0.3) is 0 Å². The molecule has 0 heterocycles. The van der Waals surface area contributed by atoms with Gasteiger partial charge in [-0.15, -0.1) is 0 Å². The van der Waals surface area contributed by atoms with Gasteiger partial charge in [-0.2, -0.15) is 0 Å². The van der Waals surface area contributed by atoms with Crippen LogP contribution in [0.4, 0.5) is 0 Å². The molecule has 0 amide bonds. The summed E-state index contributed by atoms with van der Waals surface area (Å²) in [6.07, 6.45) is 0. The zero-order chi connectivity index (χ0) is 9.14. The molecule has 4 heteroatoms. The van der Waals surface area contributed by atoms with Crippen LogP contribution >= 0.6 is 11.6 Å². The van der Waals surface area contributed by atoms with Crippen molar-refractivity contribution < 1.29 is 9.53 Å². The number of halogens is 1. The van der Waals surface area contributed by atoms with Crippen molar-refractivity contribution in [3.63, 3.8) is 0 Å². The zero-order valence-electron chi connectivity index (χ0n) is 6.33. The maximum atomic E-state index is 10.8. The van der Waals surface area contributed by atoms with Crippen molar-refractivity contribution in [2.75, 3.05) is 7.11 Å². The Morgan fingerprint density at radius 2 is 2.25 bits per heavy atom. The number of carbonyl (C=O) groups excluding carboxylic acids is 1. The Bertz CT molecular complexity index is 312. The molecule has 2 nitrogen and oxygen atoms in total. The van der Waals surface area contributed by atoms with Crippen LogP contribution in [0.5, 0.6) is 5.75 Å². The van der Waals surface area contributed by atoms with Gasteiger partial charge in [-0.25, -0.2) is 0 Å². The summed E-state index contributed by atoms with van der Waals surface area (Å²) in [5.74, 6) is 0.623. The average Bonchev–Trinajstić information content (AvgIpc) is 2.05. The SMILES string of the molecule is COc1ccc([Se])c(C(=O)Cl)c1. The van der Waals surface area contributed by atoms with Crippen molar-refractivity contribution in [3.05, 3.63) is 23.8 Å². The molecule has 0 N–H and O–H groups in total. The molecule has 0 aromatic heterocycles. The molecular weight excluding hydrogens is 242 g/mol. The first-order valence-corrected chi connectivity index (χ1v) is 4.43. The summed E-state index contributed by atoms with van der Waals surface area (Å²) in [7, 11) is 1.54. The second-order valence-electron chi connectivity index (χ2n) is 2.14. The molecule has 1 rings (SSSR count). The van der Waals surface area contributed by atoms with E-state index < -0.39 is 5.24 Å². The minimum absolute atomic E-state index is 0.441. The van der Waals surface area contributed by atoms with Crippen molar-refractivity contribution in [3.8, 4) is 5.75 Å². The first-order valence-electron chi connectivity index (χ1n) is 3.20. The quantitative estimate of drug-likeness (QED) is 0.573. The molecule has 12 heavy (non-hydrogen) atoms. The molecular formula is C8H6ClO2Se. The van der Waals surface area contributed by atoms with Gasteiger partial charge < -0.3 is 0 Å². The Kier molecular flexibility index (Phi) is 3.15. The topological polar surface area (TPSA) is 26.3 Å². The molecule has 0 aliphatic heterocycles. The fourth-order valence-corrected chi connectivity index (χ4v) is 1.53. The first kappa shape index (κ1) is 9.59. The summed E-state index contributed by atoms with van der Waals surface area (Å²) in [5.41, 5.74) is 0.441. The third-order valence-electron chi connectivity index (χ3n) is 1.40. The van der Waals surface area contributed by atoms with Crippen LogP contribution in [0.15, 0.2) is 18.2 Å². The van der Waals surface area contributed by atoms with Gasteiger partial charge in [0.05, 0.1) is 0 Å². The van der Waals surface area contributed by atoms with Crippen LogP contribution in [0.1, 0.15) is 10.4 Å². The van der Waals surface area contributed by atoms with Gasteiger partial charge in [0.2, 0.25) is 0 Å². The molecule has 0 aliphatic rings. The molecule has 0 unspecified atom stereocenters. The van der Waals surface area contributed by atoms with Crippen molar-refractivity contribution in [1.29, 1.82) is 0 Å². The molecule has 0 saturated heterocycles. The molecule has 0 aliphatic carbocycles. The van der Waals surface area contributed by atoms with Crippen molar-refractivity contribution in [1.82, 2.24) is 0 Å². The van der Waals surface area contributed by atoms with E-state index in [1.807, 2.05) is 0 Å². The molecule has 1 radical (unpaired) electrons. The van der Waals surface area contributed by atoms with Gasteiger partial charge in [0.15, 0.2) is 0 Å². The van der Waals surface area contributed by atoms with Crippen LogP contribution in [0, 0.1) is 0 Å². The summed E-state index contributed by atoms with van der Waals surface area (Å²) >= 11 is 8.07. The number of hydrogen-bond acceptors (Lipinski definition) is 2. The third kappa shape index (κ3) is 2.01. The third-order valence-corrected chi connectivity index (χ3v) is 2.35. The van der Waals surface area contributed by atoms with Crippen LogP contribution in [-0.4, -0.2) is 28.4 Å². The van der Waals surface area contributed by atoms with Gasteiger partial charge in [0.25, 0.3) is 0 Å². The van der Waals surface area contributed by atoms with Crippen LogP contribution in [-0.2, 0) is 0 Å². The molecule has 63 valence electrons. The van der Waals surface area contributed by atoms with Crippen molar-refractivity contribution in [2.45, 2.75) is 0 Å². The summed E-state index contributed by atoms with van der Waals surface area (Å²) in [6.45, 7) is 0. The molecule has 0 saturated carbocycles. The van der Waals surface area contributed by atoms with Crippen molar-refractivity contribution >= 4 is 37.3 Å². The Balaban J connectivity index is 3.17. The average molecular weight is 249 g/mol. The standard InChI is InChI=1S/C8H6ClO2Se/c1-11-5-2-3-7(12)6(4-5)8(9)10/h2-4H,1H3. The Morgan fingerprint density at radius 1 is 1.58 bits per heavy atom. The van der Waals surface area contributed by atoms with Crippen LogP contribution in [0.2, 0.25) is 0 Å². The molecule has 0 spiro atoms. The fourth-order valence-electron chi connectivity index (χ4n) is 0.790. The van der Waals surface area contributed by atoms with E-state index in [0.717, 1.165) is 4.46 Å². The Morgan fingerprint density at radius 3 is 2.75 bits per heavy atom. The minimum atomic E-state index is -0.484. The van der Waals surface area contributed by atoms with Gasteiger partial charge in [0, 0.05) is 0 Å². The fraction of sp³-hybridized carbons (Fsp3) is 0.125. The normalized spacial score (nSPS) is 9.50. The Hall–Kier alpha value is -0.501. The van der Waals surface area contributed by atoms with Crippen LogP contribution in [0.3, 0.4) is 0 Å². The molecule has 0 fully saturated rings. The van der Waals surface area contributed by atoms with E-state index in [-0.39, 0.29) is 0 Å². The van der Waals surface area contributed by atoms with Gasteiger partial charge in [-0.1, -0.05) is 0 Å². The van der Waals surface area contributed by atoms with E-state index in [1.54, 1.807) is 18.2 Å². The van der Waals surface area contributed by atoms with Gasteiger partial charge in [0.1, 0.15) is 0 Å². The van der Waals surface area contributed by atoms with E-state index in [1.165, 1.54) is 7.11 Å². The van der Waals surface area contributed by atoms with Crippen molar-refractivity contribution in [2.24, 2.45) is 0 Å². The molecule has 1 aromatic rings. The van der Waals surface area contributed by atoms with E-state index in [9.17, 15) is 4.79 Å². The molecule has 0 atom stereocenters. The number of methoxy groups -OCH3 is 1. The number of hydrogen-bond donors (Lipinski definition) is 0. The second kappa shape index (κ2) is 3.94. The maximum absolute atomic E-state index is 10.8. The summed E-state index contributed by atoms with van der Waals surface area (Å²) in [5, 5.41) is -0.484. The predicted octanol–water partition coefficient (Wildman–Crippen LogP) is 0.868. The zero-order valence-corrected chi connectivity index (χ0v) is 8.80. The molecule has 0 bridgehead atoms. The first-order chi connectivity index (χ1) is 5.65. The van der Waals surface area contributed by atoms with E-state index in [0.29, 0.717) is 11.3 Å².